The van der Waals surface area contributed by atoms with Gasteiger partial charge in [0, 0.05) is 39.1 Å². The van der Waals surface area contributed by atoms with E-state index in [0.717, 1.165) is 32.1 Å². The maximum atomic E-state index is 13.2. The van der Waals surface area contributed by atoms with E-state index in [1.54, 1.807) is 8.61 Å². The maximum Gasteiger partial charge on any atom is 0.282 e. The summed E-state index contributed by atoms with van der Waals surface area (Å²) in [5.74, 6) is -0.0971. The van der Waals surface area contributed by atoms with E-state index in [1.807, 2.05) is 0 Å². The Hall–Kier alpha value is -0.660. The normalized spacial score (nSPS) is 28.8. The second-order valence-corrected chi connectivity index (χ2v) is 10.0. The van der Waals surface area contributed by atoms with Gasteiger partial charge in [-0.25, -0.2) is 0 Å². The van der Waals surface area contributed by atoms with E-state index in [4.69, 9.17) is 0 Å². The maximum absolute atomic E-state index is 13.2. The third-order valence-electron chi connectivity index (χ3n) is 6.48. The van der Waals surface area contributed by atoms with Crippen LogP contribution in [-0.4, -0.2) is 55.2 Å². The van der Waals surface area contributed by atoms with Crippen LogP contribution >= 0.6 is 0 Å². The van der Waals surface area contributed by atoms with Crippen LogP contribution in [0.15, 0.2) is 0 Å². The second kappa shape index (κ2) is 7.92. The molecule has 3 rings (SSSR count). The molecule has 1 spiro atoms. The van der Waals surface area contributed by atoms with Crippen LogP contribution in [0, 0.1) is 5.41 Å². The summed E-state index contributed by atoms with van der Waals surface area (Å²) in [4.78, 5) is 11.2. The standard InChI is InChI=1S/C18H33N3O3S/c1-16(22)19-15-17-7-3-6-12-21(17)25(23,24)20-13-10-18(11-14-20)8-4-2-5-9-18/h17H,2-15H2,1H3,(H,19,22). The molecule has 0 bridgehead atoms. The van der Waals surface area contributed by atoms with E-state index < -0.39 is 10.2 Å². The van der Waals surface area contributed by atoms with Crippen LogP contribution in [0.1, 0.15) is 71.1 Å². The Morgan fingerprint density at radius 2 is 1.68 bits per heavy atom. The first-order valence-electron chi connectivity index (χ1n) is 9.94. The van der Waals surface area contributed by atoms with E-state index in [9.17, 15) is 13.2 Å². The van der Waals surface area contributed by atoms with Gasteiger partial charge < -0.3 is 5.32 Å². The van der Waals surface area contributed by atoms with Crippen LogP contribution in [0.3, 0.4) is 0 Å². The van der Waals surface area contributed by atoms with Crippen molar-refractivity contribution in [3.05, 3.63) is 0 Å². The van der Waals surface area contributed by atoms with Crippen molar-refractivity contribution in [3.63, 3.8) is 0 Å². The highest BCUT2D eigenvalue weighted by Gasteiger charge is 2.42. The largest absolute Gasteiger partial charge is 0.355 e. The SMILES string of the molecule is CC(=O)NCC1CCCCN1S(=O)(=O)N1CCC2(CCCCC2)CC1. The van der Waals surface area contributed by atoms with Gasteiger partial charge in [-0.05, 0) is 43.9 Å². The lowest BCUT2D eigenvalue weighted by molar-refractivity contribution is -0.119. The fourth-order valence-electron chi connectivity index (χ4n) is 4.88. The summed E-state index contributed by atoms with van der Waals surface area (Å²) >= 11 is 0. The van der Waals surface area contributed by atoms with Crippen molar-refractivity contribution < 1.29 is 13.2 Å². The van der Waals surface area contributed by atoms with Gasteiger partial charge in [0.15, 0.2) is 0 Å². The molecule has 1 saturated carbocycles. The van der Waals surface area contributed by atoms with Crippen molar-refractivity contribution >= 4 is 16.1 Å². The van der Waals surface area contributed by atoms with E-state index >= 15 is 0 Å². The summed E-state index contributed by atoms with van der Waals surface area (Å²) in [6, 6.07) is -0.104. The highest BCUT2D eigenvalue weighted by Crippen LogP contribution is 2.45. The minimum Gasteiger partial charge on any atom is -0.355 e. The first kappa shape index (κ1) is 19.1. The van der Waals surface area contributed by atoms with E-state index in [0.29, 0.717) is 31.6 Å². The number of amides is 1. The third kappa shape index (κ3) is 4.37. The molecule has 0 radical (unpaired) electrons. The van der Waals surface area contributed by atoms with Gasteiger partial charge in [-0.2, -0.15) is 17.0 Å². The van der Waals surface area contributed by atoms with Crippen molar-refractivity contribution in [2.24, 2.45) is 5.41 Å². The van der Waals surface area contributed by atoms with Crippen LogP contribution in [0.25, 0.3) is 0 Å². The van der Waals surface area contributed by atoms with E-state index in [1.165, 1.54) is 39.0 Å². The summed E-state index contributed by atoms with van der Waals surface area (Å²) in [5, 5.41) is 2.80. The average molecular weight is 372 g/mol. The Balaban J connectivity index is 1.64. The number of nitrogens with one attached hydrogen (secondary N) is 1. The molecule has 1 N–H and O–H groups in total. The Kier molecular flexibility index (Phi) is 6.06. The summed E-state index contributed by atoms with van der Waals surface area (Å²) in [7, 11) is -3.42. The summed E-state index contributed by atoms with van der Waals surface area (Å²) in [5.41, 5.74) is 0.405. The van der Waals surface area contributed by atoms with Crippen LogP contribution in [0.2, 0.25) is 0 Å². The van der Waals surface area contributed by atoms with Crippen LogP contribution in [0.5, 0.6) is 0 Å². The lowest BCUT2D eigenvalue weighted by atomic mass is 9.68. The molecule has 1 unspecified atom stereocenters. The minimum absolute atomic E-state index is 0.0971. The third-order valence-corrected chi connectivity index (χ3v) is 8.57. The van der Waals surface area contributed by atoms with Gasteiger partial charge in [0.2, 0.25) is 5.91 Å². The Labute approximate surface area is 152 Å². The van der Waals surface area contributed by atoms with Gasteiger partial charge in [0.1, 0.15) is 0 Å². The highest BCUT2D eigenvalue weighted by molar-refractivity contribution is 7.86. The first-order chi connectivity index (χ1) is 11.9. The quantitative estimate of drug-likeness (QED) is 0.824. The molecule has 6 nitrogen and oxygen atoms in total. The molecule has 1 aliphatic carbocycles. The van der Waals surface area contributed by atoms with Gasteiger partial charge in [-0.3, -0.25) is 4.79 Å². The molecular weight excluding hydrogens is 338 g/mol. The molecule has 0 aromatic carbocycles. The Bertz CT molecular complexity index is 562. The lowest BCUT2D eigenvalue weighted by Gasteiger charge is -2.46. The number of hydrogen-bond donors (Lipinski definition) is 1. The average Bonchev–Trinajstić information content (AvgIpc) is 2.61. The molecule has 2 saturated heterocycles. The summed E-state index contributed by atoms with van der Waals surface area (Å²) < 4.78 is 29.8. The monoisotopic (exact) mass is 371 g/mol. The van der Waals surface area contributed by atoms with E-state index in [2.05, 4.69) is 5.32 Å². The topological polar surface area (TPSA) is 69.7 Å². The Morgan fingerprint density at radius 1 is 1.00 bits per heavy atom. The van der Waals surface area contributed by atoms with Crippen LogP contribution < -0.4 is 5.32 Å². The summed E-state index contributed by atoms with van der Waals surface area (Å²) in [6.07, 6.45) is 11.3. The molecular formula is C18H33N3O3S. The molecule has 144 valence electrons. The number of nitrogens with zero attached hydrogens (tertiary/aromatic N) is 2. The molecule has 3 aliphatic rings. The van der Waals surface area contributed by atoms with Gasteiger partial charge in [0.05, 0.1) is 0 Å². The fraction of sp³-hybridized carbons (Fsp3) is 0.944. The molecule has 7 heteroatoms. The zero-order chi connectivity index (χ0) is 17.9. The van der Waals surface area contributed by atoms with Crippen molar-refractivity contribution in [3.8, 4) is 0 Å². The number of rotatable bonds is 4. The number of carbonyl (C=O) groups excluding carboxylic acids is 1. The Morgan fingerprint density at radius 3 is 2.32 bits per heavy atom. The summed E-state index contributed by atoms with van der Waals surface area (Å²) in [6.45, 7) is 3.80. The van der Waals surface area contributed by atoms with Crippen molar-refractivity contribution in [2.45, 2.75) is 77.2 Å². The zero-order valence-electron chi connectivity index (χ0n) is 15.5. The van der Waals surface area contributed by atoms with Crippen molar-refractivity contribution in [2.75, 3.05) is 26.2 Å². The smallest absolute Gasteiger partial charge is 0.282 e. The van der Waals surface area contributed by atoms with Crippen molar-refractivity contribution in [1.82, 2.24) is 13.9 Å². The molecule has 25 heavy (non-hydrogen) atoms. The number of carbonyl (C=O) groups is 1. The van der Waals surface area contributed by atoms with Gasteiger partial charge in [-0.15, -0.1) is 0 Å². The lowest BCUT2D eigenvalue weighted by Crippen LogP contribution is -2.56. The molecule has 3 fully saturated rings. The predicted molar refractivity (Wildman–Crippen MR) is 98.3 cm³/mol. The minimum atomic E-state index is -3.42. The molecule has 0 aromatic rings. The molecule has 0 aromatic heterocycles. The molecule has 1 amide bonds. The predicted octanol–water partition coefficient (Wildman–Crippen LogP) is 2.27. The molecule has 2 aliphatic heterocycles. The molecule has 1 atom stereocenters. The van der Waals surface area contributed by atoms with Gasteiger partial charge in [0.25, 0.3) is 10.2 Å². The highest BCUT2D eigenvalue weighted by atomic mass is 32.2. The number of piperidine rings is 2. The van der Waals surface area contributed by atoms with Gasteiger partial charge >= 0.3 is 0 Å². The van der Waals surface area contributed by atoms with Gasteiger partial charge in [-0.1, -0.05) is 25.7 Å². The second-order valence-electron chi connectivity index (χ2n) is 8.16. The van der Waals surface area contributed by atoms with Crippen LogP contribution in [-0.2, 0) is 15.0 Å². The van der Waals surface area contributed by atoms with Crippen molar-refractivity contribution in [1.29, 1.82) is 0 Å². The zero-order valence-corrected chi connectivity index (χ0v) is 16.3. The van der Waals surface area contributed by atoms with E-state index in [-0.39, 0.29) is 11.9 Å². The first-order valence-corrected chi connectivity index (χ1v) is 11.3. The fourth-order valence-corrected chi connectivity index (χ4v) is 6.74. The number of hydrogen-bond acceptors (Lipinski definition) is 3. The van der Waals surface area contributed by atoms with Crippen LogP contribution in [0.4, 0.5) is 0 Å². The molecule has 2 heterocycles.